The van der Waals surface area contributed by atoms with Crippen LogP contribution in [0.5, 0.6) is 0 Å². The Morgan fingerprint density at radius 1 is 1.40 bits per heavy atom. The van der Waals surface area contributed by atoms with Crippen molar-refractivity contribution in [2.24, 2.45) is 0 Å². The number of ether oxygens (including phenoxy) is 1. The van der Waals surface area contributed by atoms with Gasteiger partial charge in [-0.3, -0.25) is 4.90 Å². The van der Waals surface area contributed by atoms with Crippen LogP contribution in [0.1, 0.15) is 26.7 Å². The number of rotatable bonds is 9. The van der Waals surface area contributed by atoms with Gasteiger partial charge in [-0.05, 0) is 12.8 Å². The average Bonchev–Trinajstić information content (AvgIpc) is 2.26. The molecule has 0 aliphatic heterocycles. The van der Waals surface area contributed by atoms with E-state index in [9.17, 15) is 0 Å². The third-order valence-corrected chi connectivity index (χ3v) is 3.14. The standard InChI is InChI=1S/C12H25NOS/c1-5-12(6-2)13(7-8-14-4)9-11(3)10-15/h12,15H,3,5-10H2,1-2,4H3. The van der Waals surface area contributed by atoms with Crippen molar-refractivity contribution < 1.29 is 4.74 Å². The summed E-state index contributed by atoms with van der Waals surface area (Å²) in [4.78, 5) is 2.45. The van der Waals surface area contributed by atoms with E-state index in [1.807, 2.05) is 0 Å². The van der Waals surface area contributed by atoms with Crippen molar-refractivity contribution in [2.75, 3.05) is 32.6 Å². The van der Waals surface area contributed by atoms with Crippen LogP contribution in [0.25, 0.3) is 0 Å². The lowest BCUT2D eigenvalue weighted by molar-refractivity contribution is 0.123. The van der Waals surface area contributed by atoms with Crippen LogP contribution in [0.3, 0.4) is 0 Å². The predicted octanol–water partition coefficient (Wildman–Crippen LogP) is 2.61. The van der Waals surface area contributed by atoms with Gasteiger partial charge in [-0.1, -0.05) is 26.0 Å². The quantitative estimate of drug-likeness (QED) is 0.484. The second-order valence-corrected chi connectivity index (χ2v) is 4.16. The molecular weight excluding hydrogens is 206 g/mol. The minimum Gasteiger partial charge on any atom is -0.383 e. The van der Waals surface area contributed by atoms with Crippen molar-refractivity contribution in [2.45, 2.75) is 32.7 Å². The lowest BCUT2D eigenvalue weighted by atomic mass is 10.1. The van der Waals surface area contributed by atoms with E-state index in [1.54, 1.807) is 7.11 Å². The highest BCUT2D eigenvalue weighted by Gasteiger charge is 2.14. The van der Waals surface area contributed by atoms with E-state index in [0.29, 0.717) is 6.04 Å². The van der Waals surface area contributed by atoms with Gasteiger partial charge in [0.15, 0.2) is 0 Å². The maximum Gasteiger partial charge on any atom is 0.0589 e. The summed E-state index contributed by atoms with van der Waals surface area (Å²) >= 11 is 4.25. The first-order valence-corrected chi connectivity index (χ1v) is 6.33. The first-order valence-electron chi connectivity index (χ1n) is 5.70. The molecular formula is C12H25NOS. The third-order valence-electron chi connectivity index (χ3n) is 2.69. The van der Waals surface area contributed by atoms with Gasteiger partial charge in [0.2, 0.25) is 0 Å². The van der Waals surface area contributed by atoms with Crippen molar-refractivity contribution in [3.63, 3.8) is 0 Å². The fourth-order valence-electron chi connectivity index (χ4n) is 1.74. The zero-order chi connectivity index (χ0) is 11.7. The largest absolute Gasteiger partial charge is 0.383 e. The molecule has 0 aromatic carbocycles. The Hall–Kier alpha value is 0.01000. The van der Waals surface area contributed by atoms with Gasteiger partial charge in [-0.25, -0.2) is 0 Å². The molecule has 15 heavy (non-hydrogen) atoms. The molecule has 3 heteroatoms. The summed E-state index contributed by atoms with van der Waals surface area (Å²) in [5, 5.41) is 0. The first kappa shape index (κ1) is 15.0. The van der Waals surface area contributed by atoms with E-state index >= 15 is 0 Å². The number of thiol groups is 1. The highest BCUT2D eigenvalue weighted by molar-refractivity contribution is 7.80. The molecule has 0 aliphatic rings. The van der Waals surface area contributed by atoms with E-state index < -0.39 is 0 Å². The maximum absolute atomic E-state index is 5.14. The Morgan fingerprint density at radius 3 is 2.40 bits per heavy atom. The van der Waals surface area contributed by atoms with Crippen LogP contribution in [0, 0.1) is 0 Å². The van der Waals surface area contributed by atoms with E-state index in [0.717, 1.165) is 25.4 Å². The summed E-state index contributed by atoms with van der Waals surface area (Å²) in [6.07, 6.45) is 2.36. The van der Waals surface area contributed by atoms with Crippen LogP contribution >= 0.6 is 12.6 Å². The number of hydrogen-bond donors (Lipinski definition) is 1. The summed E-state index contributed by atoms with van der Waals surface area (Å²) in [6, 6.07) is 0.636. The zero-order valence-corrected chi connectivity index (χ0v) is 11.2. The van der Waals surface area contributed by atoms with Crippen molar-refractivity contribution in [1.29, 1.82) is 0 Å². The van der Waals surface area contributed by atoms with E-state index in [2.05, 4.69) is 38.0 Å². The molecule has 0 aromatic heterocycles. The Bertz CT molecular complexity index is 169. The van der Waals surface area contributed by atoms with E-state index in [-0.39, 0.29) is 0 Å². The van der Waals surface area contributed by atoms with Crippen LogP contribution in [-0.4, -0.2) is 43.5 Å². The topological polar surface area (TPSA) is 12.5 Å². The van der Waals surface area contributed by atoms with Crippen molar-refractivity contribution in [3.8, 4) is 0 Å². The maximum atomic E-state index is 5.14. The van der Waals surface area contributed by atoms with Gasteiger partial charge in [0.1, 0.15) is 0 Å². The molecule has 0 aliphatic carbocycles. The smallest absolute Gasteiger partial charge is 0.0589 e. The van der Waals surface area contributed by atoms with Gasteiger partial charge in [0.25, 0.3) is 0 Å². The number of methoxy groups -OCH3 is 1. The zero-order valence-electron chi connectivity index (χ0n) is 10.3. The van der Waals surface area contributed by atoms with E-state index in [1.165, 1.54) is 18.4 Å². The SMILES string of the molecule is C=C(CS)CN(CCOC)C(CC)CC. The minimum absolute atomic E-state index is 0.636. The normalized spacial score (nSPS) is 11.3. The first-order chi connectivity index (χ1) is 7.19. The monoisotopic (exact) mass is 231 g/mol. The molecule has 0 heterocycles. The van der Waals surface area contributed by atoms with Crippen LogP contribution < -0.4 is 0 Å². The van der Waals surface area contributed by atoms with Gasteiger partial charge in [-0.15, -0.1) is 0 Å². The van der Waals surface area contributed by atoms with Gasteiger partial charge in [0, 0.05) is 32.0 Å². The molecule has 0 saturated heterocycles. The van der Waals surface area contributed by atoms with Gasteiger partial charge in [-0.2, -0.15) is 12.6 Å². The molecule has 0 atom stereocenters. The molecule has 0 N–H and O–H groups in total. The summed E-state index contributed by atoms with van der Waals surface area (Å²) in [7, 11) is 1.75. The molecule has 0 spiro atoms. The van der Waals surface area contributed by atoms with Crippen molar-refractivity contribution in [3.05, 3.63) is 12.2 Å². The van der Waals surface area contributed by atoms with Gasteiger partial charge >= 0.3 is 0 Å². The van der Waals surface area contributed by atoms with Crippen LogP contribution in [0.4, 0.5) is 0 Å². The fourth-order valence-corrected chi connectivity index (χ4v) is 1.84. The summed E-state index contributed by atoms with van der Waals surface area (Å²) in [5.74, 6) is 0.767. The summed E-state index contributed by atoms with van der Waals surface area (Å²) in [6.45, 7) is 11.2. The molecule has 0 saturated carbocycles. The fraction of sp³-hybridized carbons (Fsp3) is 0.833. The molecule has 0 rings (SSSR count). The Balaban J connectivity index is 4.20. The highest BCUT2D eigenvalue weighted by Crippen LogP contribution is 2.10. The number of hydrogen-bond acceptors (Lipinski definition) is 3. The molecule has 0 fully saturated rings. The van der Waals surface area contributed by atoms with Gasteiger partial charge < -0.3 is 4.74 Å². The average molecular weight is 231 g/mol. The number of nitrogens with zero attached hydrogens (tertiary/aromatic N) is 1. The lowest BCUT2D eigenvalue weighted by Crippen LogP contribution is -2.38. The Labute approximate surface area is 100 Å². The molecule has 0 amide bonds. The second-order valence-electron chi connectivity index (χ2n) is 3.84. The molecule has 0 bridgehead atoms. The predicted molar refractivity (Wildman–Crippen MR) is 70.8 cm³/mol. The van der Waals surface area contributed by atoms with Crippen LogP contribution in [-0.2, 0) is 4.74 Å². The van der Waals surface area contributed by atoms with Crippen molar-refractivity contribution >= 4 is 12.6 Å². The van der Waals surface area contributed by atoms with Crippen LogP contribution in [0.2, 0.25) is 0 Å². The Morgan fingerprint density at radius 2 is 2.00 bits per heavy atom. The van der Waals surface area contributed by atoms with Crippen molar-refractivity contribution in [1.82, 2.24) is 4.90 Å². The third kappa shape index (κ3) is 6.23. The highest BCUT2D eigenvalue weighted by atomic mass is 32.1. The molecule has 0 radical (unpaired) electrons. The van der Waals surface area contributed by atoms with Crippen LogP contribution in [0.15, 0.2) is 12.2 Å². The second kappa shape index (κ2) is 9.25. The summed E-state index contributed by atoms with van der Waals surface area (Å²) in [5.41, 5.74) is 1.18. The van der Waals surface area contributed by atoms with Gasteiger partial charge in [0.05, 0.1) is 6.61 Å². The minimum atomic E-state index is 0.636. The molecule has 0 unspecified atom stereocenters. The molecule has 90 valence electrons. The summed E-state index contributed by atoms with van der Waals surface area (Å²) < 4.78 is 5.14. The Kier molecular flexibility index (Phi) is 9.26. The lowest BCUT2D eigenvalue weighted by Gasteiger charge is -2.30. The van der Waals surface area contributed by atoms with E-state index in [4.69, 9.17) is 4.74 Å². The molecule has 2 nitrogen and oxygen atoms in total. The molecule has 0 aromatic rings.